The summed E-state index contributed by atoms with van der Waals surface area (Å²) in [5, 5.41) is 9.29. The van der Waals surface area contributed by atoms with Crippen molar-refractivity contribution in [2.24, 2.45) is 5.41 Å². The van der Waals surface area contributed by atoms with Crippen molar-refractivity contribution < 1.29 is 9.84 Å². The molecule has 0 spiro atoms. The molecule has 1 rings (SSSR count). The van der Waals surface area contributed by atoms with E-state index in [0.717, 1.165) is 13.0 Å². The van der Waals surface area contributed by atoms with Crippen LogP contribution in [0.1, 0.15) is 27.2 Å². The van der Waals surface area contributed by atoms with Gasteiger partial charge in [0.15, 0.2) is 0 Å². The predicted octanol–water partition coefficient (Wildman–Crippen LogP) is 1.18. The fourth-order valence-corrected chi connectivity index (χ4v) is 1.35. The largest absolute Gasteiger partial charge is 0.392 e. The van der Waals surface area contributed by atoms with Gasteiger partial charge in [-0.25, -0.2) is 0 Å². The lowest BCUT2D eigenvalue weighted by molar-refractivity contribution is -0.172. The number of hydrogen-bond donors (Lipinski definition) is 1. The van der Waals surface area contributed by atoms with Gasteiger partial charge in [0.05, 0.1) is 12.2 Å². The normalized spacial score (nSPS) is 37.2. The molecule has 1 aliphatic carbocycles. The van der Waals surface area contributed by atoms with Crippen molar-refractivity contribution in [3.05, 3.63) is 0 Å². The summed E-state index contributed by atoms with van der Waals surface area (Å²) in [5.41, 5.74) is -0.0178. The predicted molar refractivity (Wildman–Crippen MR) is 39.8 cm³/mol. The Morgan fingerprint density at radius 3 is 2.50 bits per heavy atom. The van der Waals surface area contributed by atoms with Gasteiger partial charge in [-0.3, -0.25) is 0 Å². The molecule has 0 aliphatic heterocycles. The van der Waals surface area contributed by atoms with Gasteiger partial charge in [0, 0.05) is 18.4 Å². The molecule has 0 aromatic carbocycles. The Hall–Kier alpha value is -0.0800. The Kier molecular flexibility index (Phi) is 2.02. The lowest BCUT2D eigenvalue weighted by atomic mass is 9.66. The van der Waals surface area contributed by atoms with E-state index in [2.05, 4.69) is 0 Å². The minimum atomic E-state index is -0.163. The summed E-state index contributed by atoms with van der Waals surface area (Å²) < 4.78 is 5.40. The van der Waals surface area contributed by atoms with Gasteiger partial charge in [0.1, 0.15) is 0 Å². The van der Waals surface area contributed by atoms with E-state index < -0.39 is 0 Å². The molecule has 0 aromatic rings. The van der Waals surface area contributed by atoms with E-state index in [0.29, 0.717) is 0 Å². The number of hydrogen-bond acceptors (Lipinski definition) is 2. The molecule has 1 fully saturated rings. The van der Waals surface area contributed by atoms with Crippen LogP contribution < -0.4 is 0 Å². The van der Waals surface area contributed by atoms with Crippen LogP contribution in [0.2, 0.25) is 0 Å². The average Bonchev–Trinajstić information content (AvgIpc) is 1.88. The molecule has 2 atom stereocenters. The minimum Gasteiger partial charge on any atom is -0.392 e. The zero-order valence-corrected chi connectivity index (χ0v) is 6.92. The molecule has 0 unspecified atom stereocenters. The molecule has 0 bridgehead atoms. The molecule has 10 heavy (non-hydrogen) atoms. The Morgan fingerprint density at radius 1 is 1.60 bits per heavy atom. The van der Waals surface area contributed by atoms with Crippen LogP contribution in [0.3, 0.4) is 0 Å². The standard InChI is InChI=1S/C8H16O2/c1-4-10-7-5-6(9)8(7,2)3/h6-7,9H,4-5H2,1-3H3/t6-,7+/m1/s1. The zero-order valence-electron chi connectivity index (χ0n) is 6.92. The maximum atomic E-state index is 9.29. The summed E-state index contributed by atoms with van der Waals surface area (Å²) in [4.78, 5) is 0. The van der Waals surface area contributed by atoms with Gasteiger partial charge in [-0.05, 0) is 6.92 Å². The van der Waals surface area contributed by atoms with Crippen LogP contribution in [0.25, 0.3) is 0 Å². The molecule has 0 amide bonds. The summed E-state index contributed by atoms with van der Waals surface area (Å²) in [6.45, 7) is 6.82. The van der Waals surface area contributed by atoms with Gasteiger partial charge in [-0.15, -0.1) is 0 Å². The molecule has 0 heterocycles. The van der Waals surface area contributed by atoms with Gasteiger partial charge in [0.2, 0.25) is 0 Å². The lowest BCUT2D eigenvalue weighted by Gasteiger charge is -2.48. The molecule has 1 saturated carbocycles. The third kappa shape index (κ3) is 1.06. The third-order valence-electron chi connectivity index (χ3n) is 2.49. The third-order valence-corrected chi connectivity index (χ3v) is 2.49. The highest BCUT2D eigenvalue weighted by atomic mass is 16.5. The first kappa shape index (κ1) is 8.02. The van der Waals surface area contributed by atoms with E-state index >= 15 is 0 Å². The molecule has 0 aromatic heterocycles. The average molecular weight is 144 g/mol. The van der Waals surface area contributed by atoms with Crippen LogP contribution in [-0.4, -0.2) is 23.9 Å². The van der Waals surface area contributed by atoms with Crippen molar-refractivity contribution in [1.82, 2.24) is 0 Å². The molecular weight excluding hydrogens is 128 g/mol. The van der Waals surface area contributed by atoms with Gasteiger partial charge in [-0.2, -0.15) is 0 Å². The molecule has 0 saturated heterocycles. The molecule has 1 N–H and O–H groups in total. The molecular formula is C8H16O2. The second-order valence-corrected chi connectivity index (χ2v) is 3.52. The maximum absolute atomic E-state index is 9.29. The zero-order chi connectivity index (χ0) is 7.78. The first-order valence-electron chi connectivity index (χ1n) is 3.88. The van der Waals surface area contributed by atoms with E-state index in [1.807, 2.05) is 20.8 Å². The Balaban J connectivity index is 2.39. The first-order valence-corrected chi connectivity index (χ1v) is 3.88. The molecule has 1 aliphatic rings. The van der Waals surface area contributed by atoms with E-state index in [1.54, 1.807) is 0 Å². The van der Waals surface area contributed by atoms with E-state index in [4.69, 9.17) is 4.74 Å². The van der Waals surface area contributed by atoms with Crippen LogP contribution in [0.5, 0.6) is 0 Å². The first-order chi connectivity index (χ1) is 4.59. The van der Waals surface area contributed by atoms with E-state index in [-0.39, 0.29) is 17.6 Å². The molecule has 0 radical (unpaired) electrons. The summed E-state index contributed by atoms with van der Waals surface area (Å²) in [7, 11) is 0. The summed E-state index contributed by atoms with van der Waals surface area (Å²) in [6.07, 6.45) is 0.914. The van der Waals surface area contributed by atoms with Crippen molar-refractivity contribution >= 4 is 0 Å². The second kappa shape index (κ2) is 2.51. The minimum absolute atomic E-state index is 0.0178. The summed E-state index contributed by atoms with van der Waals surface area (Å²) >= 11 is 0. The smallest absolute Gasteiger partial charge is 0.0675 e. The van der Waals surface area contributed by atoms with E-state index in [1.165, 1.54) is 0 Å². The van der Waals surface area contributed by atoms with Crippen molar-refractivity contribution in [3.63, 3.8) is 0 Å². The maximum Gasteiger partial charge on any atom is 0.0675 e. The Bertz CT molecular complexity index is 118. The fourth-order valence-electron chi connectivity index (χ4n) is 1.35. The summed E-state index contributed by atoms with van der Waals surface area (Å²) in [5.74, 6) is 0. The highest BCUT2D eigenvalue weighted by Gasteiger charge is 2.47. The van der Waals surface area contributed by atoms with Crippen molar-refractivity contribution in [2.75, 3.05) is 6.61 Å². The Labute approximate surface area is 62.2 Å². The number of aliphatic hydroxyl groups excluding tert-OH is 1. The van der Waals surface area contributed by atoms with Crippen molar-refractivity contribution in [2.45, 2.75) is 39.4 Å². The van der Waals surface area contributed by atoms with Gasteiger partial charge >= 0.3 is 0 Å². The fraction of sp³-hybridized carbons (Fsp3) is 1.00. The van der Waals surface area contributed by atoms with Crippen molar-refractivity contribution in [1.29, 1.82) is 0 Å². The van der Waals surface area contributed by atoms with Gasteiger partial charge in [0.25, 0.3) is 0 Å². The van der Waals surface area contributed by atoms with Crippen LogP contribution >= 0.6 is 0 Å². The number of ether oxygens (including phenoxy) is 1. The highest BCUT2D eigenvalue weighted by Crippen LogP contribution is 2.42. The number of rotatable bonds is 2. The van der Waals surface area contributed by atoms with Crippen LogP contribution in [0, 0.1) is 5.41 Å². The van der Waals surface area contributed by atoms with E-state index in [9.17, 15) is 5.11 Å². The van der Waals surface area contributed by atoms with Gasteiger partial charge in [-0.1, -0.05) is 13.8 Å². The summed E-state index contributed by atoms with van der Waals surface area (Å²) in [6, 6.07) is 0. The lowest BCUT2D eigenvalue weighted by Crippen LogP contribution is -2.54. The number of aliphatic hydroxyl groups is 1. The Morgan fingerprint density at radius 2 is 2.20 bits per heavy atom. The molecule has 2 heteroatoms. The van der Waals surface area contributed by atoms with Crippen molar-refractivity contribution in [3.8, 4) is 0 Å². The monoisotopic (exact) mass is 144 g/mol. The molecule has 60 valence electrons. The molecule has 2 nitrogen and oxygen atoms in total. The van der Waals surface area contributed by atoms with Gasteiger partial charge < -0.3 is 9.84 Å². The highest BCUT2D eigenvalue weighted by molar-refractivity contribution is 4.97. The van der Waals surface area contributed by atoms with Crippen LogP contribution in [-0.2, 0) is 4.74 Å². The SMILES string of the molecule is CCO[C@H]1C[C@@H](O)C1(C)C. The quantitative estimate of drug-likeness (QED) is 0.630. The topological polar surface area (TPSA) is 29.5 Å². The van der Waals surface area contributed by atoms with Crippen LogP contribution in [0.15, 0.2) is 0 Å². The second-order valence-electron chi connectivity index (χ2n) is 3.52. The van der Waals surface area contributed by atoms with Crippen LogP contribution in [0.4, 0.5) is 0 Å².